The van der Waals surface area contributed by atoms with Crippen LogP contribution < -0.4 is 11.1 Å². The van der Waals surface area contributed by atoms with Gasteiger partial charge in [-0.1, -0.05) is 32.1 Å². The molecule has 3 atom stereocenters. The van der Waals surface area contributed by atoms with E-state index in [0.29, 0.717) is 12.3 Å². The first-order valence-corrected chi connectivity index (χ1v) is 7.78. The van der Waals surface area contributed by atoms with Gasteiger partial charge in [-0.15, -0.1) is 12.4 Å². The summed E-state index contributed by atoms with van der Waals surface area (Å²) in [5, 5.41) is 12.5. The fraction of sp³-hybridized carbons (Fsp3) is 0.867. The van der Waals surface area contributed by atoms with Crippen LogP contribution in [0.25, 0.3) is 0 Å². The van der Waals surface area contributed by atoms with Crippen LogP contribution in [0.5, 0.6) is 0 Å². The van der Waals surface area contributed by atoms with E-state index in [2.05, 4.69) is 5.32 Å². The van der Waals surface area contributed by atoms with Gasteiger partial charge in [-0.2, -0.15) is 0 Å². The molecular formula is C15H29ClN2O4. The van der Waals surface area contributed by atoms with Crippen LogP contribution in [0.1, 0.15) is 52.4 Å². The molecule has 1 aliphatic carbocycles. The second-order valence-corrected chi connectivity index (χ2v) is 6.01. The molecule has 130 valence electrons. The summed E-state index contributed by atoms with van der Waals surface area (Å²) in [4.78, 5) is 22.6. The Morgan fingerprint density at radius 3 is 2.45 bits per heavy atom. The SMILES string of the molecule is CC(=O)O[C@H](C)CNC(=O)C(O)[C@H](N)CC1CCCCC1.Cl. The second-order valence-electron chi connectivity index (χ2n) is 6.01. The monoisotopic (exact) mass is 336 g/mol. The maximum absolute atomic E-state index is 11.8. The number of aliphatic hydroxyl groups excluding tert-OH is 1. The van der Waals surface area contributed by atoms with Crippen molar-refractivity contribution in [3.63, 3.8) is 0 Å². The van der Waals surface area contributed by atoms with E-state index in [1.807, 2.05) is 0 Å². The van der Waals surface area contributed by atoms with Gasteiger partial charge in [-0.05, 0) is 19.3 Å². The van der Waals surface area contributed by atoms with Gasteiger partial charge in [-0.3, -0.25) is 9.59 Å². The molecule has 0 heterocycles. The molecule has 1 aliphatic rings. The van der Waals surface area contributed by atoms with Crippen LogP contribution in [0.3, 0.4) is 0 Å². The quantitative estimate of drug-likeness (QED) is 0.605. The van der Waals surface area contributed by atoms with E-state index in [-0.39, 0.29) is 19.0 Å². The van der Waals surface area contributed by atoms with Gasteiger partial charge in [-0.25, -0.2) is 0 Å². The van der Waals surface area contributed by atoms with Crippen molar-refractivity contribution in [3.8, 4) is 0 Å². The number of hydrogen-bond donors (Lipinski definition) is 3. The first kappa shape index (κ1) is 21.1. The van der Waals surface area contributed by atoms with Crippen molar-refractivity contribution in [3.05, 3.63) is 0 Å². The molecule has 1 saturated carbocycles. The molecule has 4 N–H and O–H groups in total. The molecule has 1 unspecified atom stereocenters. The highest BCUT2D eigenvalue weighted by Gasteiger charge is 2.26. The Morgan fingerprint density at radius 1 is 1.32 bits per heavy atom. The third kappa shape index (κ3) is 7.96. The third-order valence-electron chi connectivity index (χ3n) is 3.94. The summed E-state index contributed by atoms with van der Waals surface area (Å²) in [6.45, 7) is 3.16. The van der Waals surface area contributed by atoms with Crippen molar-refractivity contribution >= 4 is 24.3 Å². The molecule has 22 heavy (non-hydrogen) atoms. The average Bonchev–Trinajstić information content (AvgIpc) is 2.44. The van der Waals surface area contributed by atoms with Crippen LogP contribution in [-0.2, 0) is 14.3 Å². The number of carbonyl (C=O) groups excluding carboxylic acids is 2. The van der Waals surface area contributed by atoms with E-state index in [1.54, 1.807) is 6.92 Å². The fourth-order valence-corrected chi connectivity index (χ4v) is 2.80. The molecule has 6 nitrogen and oxygen atoms in total. The topological polar surface area (TPSA) is 102 Å². The zero-order valence-corrected chi connectivity index (χ0v) is 14.2. The van der Waals surface area contributed by atoms with Crippen molar-refractivity contribution in [1.82, 2.24) is 5.32 Å². The lowest BCUT2D eigenvalue weighted by atomic mass is 9.84. The van der Waals surface area contributed by atoms with Crippen LogP contribution in [-0.4, -0.2) is 41.8 Å². The molecule has 0 aromatic heterocycles. The van der Waals surface area contributed by atoms with Crippen molar-refractivity contribution in [2.75, 3.05) is 6.54 Å². The lowest BCUT2D eigenvalue weighted by Gasteiger charge is -2.26. The highest BCUT2D eigenvalue weighted by Crippen LogP contribution is 2.27. The van der Waals surface area contributed by atoms with Crippen molar-refractivity contribution in [2.24, 2.45) is 11.7 Å². The summed E-state index contributed by atoms with van der Waals surface area (Å²) in [7, 11) is 0. The van der Waals surface area contributed by atoms with Crippen molar-refractivity contribution in [2.45, 2.75) is 70.6 Å². The first-order chi connectivity index (χ1) is 9.90. The molecule has 0 aromatic rings. The number of hydrogen-bond acceptors (Lipinski definition) is 5. The molecule has 0 aromatic carbocycles. The molecule has 1 fully saturated rings. The van der Waals surface area contributed by atoms with Gasteiger partial charge in [0.2, 0.25) is 0 Å². The van der Waals surface area contributed by atoms with E-state index >= 15 is 0 Å². The average molecular weight is 337 g/mol. The number of esters is 1. The molecule has 0 aliphatic heterocycles. The Labute approximate surface area is 138 Å². The molecule has 0 radical (unpaired) electrons. The van der Waals surface area contributed by atoms with E-state index in [1.165, 1.54) is 26.2 Å². The summed E-state index contributed by atoms with van der Waals surface area (Å²) in [6.07, 6.45) is 4.98. The normalized spacial score (nSPS) is 19.5. The highest BCUT2D eigenvalue weighted by atomic mass is 35.5. The minimum atomic E-state index is -1.21. The number of halogens is 1. The van der Waals surface area contributed by atoms with Gasteiger partial charge in [0, 0.05) is 13.0 Å². The zero-order valence-electron chi connectivity index (χ0n) is 13.4. The van der Waals surface area contributed by atoms with Crippen LogP contribution in [0.4, 0.5) is 0 Å². The number of carbonyl (C=O) groups is 2. The lowest BCUT2D eigenvalue weighted by Crippen LogP contribution is -2.48. The molecule has 0 saturated heterocycles. The van der Waals surface area contributed by atoms with Gasteiger partial charge in [0.1, 0.15) is 12.2 Å². The Kier molecular flexibility index (Phi) is 10.4. The van der Waals surface area contributed by atoms with Crippen LogP contribution in [0, 0.1) is 5.92 Å². The number of nitrogens with one attached hydrogen (secondary N) is 1. The Bertz CT molecular complexity index is 348. The van der Waals surface area contributed by atoms with Crippen LogP contribution >= 0.6 is 12.4 Å². The van der Waals surface area contributed by atoms with Crippen LogP contribution in [0.15, 0.2) is 0 Å². The molecule has 0 spiro atoms. The maximum Gasteiger partial charge on any atom is 0.302 e. The minimum absolute atomic E-state index is 0. The predicted octanol–water partition coefficient (Wildman–Crippen LogP) is 1.13. The van der Waals surface area contributed by atoms with E-state index < -0.39 is 30.1 Å². The first-order valence-electron chi connectivity index (χ1n) is 7.78. The Balaban J connectivity index is 0.00000441. The van der Waals surface area contributed by atoms with E-state index in [4.69, 9.17) is 10.5 Å². The van der Waals surface area contributed by atoms with E-state index in [0.717, 1.165) is 12.8 Å². The number of ether oxygens (including phenoxy) is 1. The largest absolute Gasteiger partial charge is 0.461 e. The fourth-order valence-electron chi connectivity index (χ4n) is 2.80. The molecule has 0 bridgehead atoms. The molecule has 7 heteroatoms. The third-order valence-corrected chi connectivity index (χ3v) is 3.94. The molecular weight excluding hydrogens is 308 g/mol. The molecule has 1 rings (SSSR count). The predicted molar refractivity (Wildman–Crippen MR) is 86.7 cm³/mol. The maximum atomic E-state index is 11.8. The van der Waals surface area contributed by atoms with Gasteiger partial charge < -0.3 is 20.9 Å². The zero-order chi connectivity index (χ0) is 15.8. The van der Waals surface area contributed by atoms with Crippen molar-refractivity contribution in [1.29, 1.82) is 0 Å². The lowest BCUT2D eigenvalue weighted by molar-refractivity contribution is -0.146. The Hall–Kier alpha value is -0.850. The van der Waals surface area contributed by atoms with Crippen molar-refractivity contribution < 1.29 is 19.4 Å². The van der Waals surface area contributed by atoms with Gasteiger partial charge >= 0.3 is 5.97 Å². The summed E-state index contributed by atoms with van der Waals surface area (Å²) in [6, 6.07) is -0.544. The summed E-state index contributed by atoms with van der Waals surface area (Å²) in [5.74, 6) is -0.389. The van der Waals surface area contributed by atoms with Crippen LogP contribution in [0.2, 0.25) is 0 Å². The summed E-state index contributed by atoms with van der Waals surface area (Å²) >= 11 is 0. The van der Waals surface area contributed by atoms with E-state index in [9.17, 15) is 14.7 Å². The highest BCUT2D eigenvalue weighted by molar-refractivity contribution is 5.85. The Morgan fingerprint density at radius 2 is 1.91 bits per heavy atom. The number of rotatable bonds is 7. The van der Waals surface area contributed by atoms with Gasteiger partial charge in [0.15, 0.2) is 0 Å². The summed E-state index contributed by atoms with van der Waals surface area (Å²) in [5.41, 5.74) is 5.94. The smallest absolute Gasteiger partial charge is 0.302 e. The van der Waals surface area contributed by atoms with Gasteiger partial charge in [0.25, 0.3) is 5.91 Å². The summed E-state index contributed by atoms with van der Waals surface area (Å²) < 4.78 is 4.90. The second kappa shape index (κ2) is 10.8. The number of aliphatic hydroxyl groups is 1. The minimum Gasteiger partial charge on any atom is -0.461 e. The van der Waals surface area contributed by atoms with Gasteiger partial charge in [0.05, 0.1) is 6.54 Å². The molecule has 1 amide bonds. The standard InChI is InChI=1S/C15H28N2O4.ClH/c1-10(21-11(2)18)9-17-15(20)14(19)13(16)8-12-6-4-3-5-7-12;/h10,12-14,19H,3-9,16H2,1-2H3,(H,17,20);1H/t10-,13-,14?;/m1./s1. The number of amides is 1. The number of nitrogens with two attached hydrogens (primary N) is 1.